The molecular weight excluding hydrogens is 272 g/mol. The summed E-state index contributed by atoms with van der Waals surface area (Å²) in [5.41, 5.74) is 0. The van der Waals surface area contributed by atoms with Gasteiger partial charge in [-0.25, -0.2) is 9.59 Å². The van der Waals surface area contributed by atoms with Crippen LogP contribution in [0.3, 0.4) is 0 Å². The smallest absolute Gasteiger partial charge is 0.326 e. The first-order valence-corrected chi connectivity index (χ1v) is 7.87. The molecule has 0 aromatic heterocycles. The third kappa shape index (κ3) is 6.33. The Morgan fingerprint density at radius 2 is 1.90 bits per heavy atom. The number of carboxylic acids is 1. The molecular formula is C15H28N2O4. The van der Waals surface area contributed by atoms with Crippen LogP contribution in [0.5, 0.6) is 0 Å². The van der Waals surface area contributed by atoms with Crippen molar-refractivity contribution in [2.24, 2.45) is 5.92 Å². The van der Waals surface area contributed by atoms with Crippen molar-refractivity contribution in [3.05, 3.63) is 0 Å². The maximum absolute atomic E-state index is 11.9. The van der Waals surface area contributed by atoms with Crippen LogP contribution in [0.25, 0.3) is 0 Å². The minimum absolute atomic E-state index is 0.0944. The third-order valence-corrected chi connectivity index (χ3v) is 3.81. The van der Waals surface area contributed by atoms with E-state index in [1.54, 1.807) is 0 Å². The second-order valence-electron chi connectivity index (χ2n) is 6.22. The van der Waals surface area contributed by atoms with Gasteiger partial charge in [-0.3, -0.25) is 0 Å². The number of aliphatic carboxylic acids is 1. The van der Waals surface area contributed by atoms with Crippen LogP contribution in [0.1, 0.15) is 52.4 Å². The van der Waals surface area contributed by atoms with E-state index >= 15 is 0 Å². The van der Waals surface area contributed by atoms with Crippen molar-refractivity contribution in [2.75, 3.05) is 13.1 Å². The minimum Gasteiger partial charge on any atom is -0.480 e. The standard InChI is InChI=1S/C15H28N2O4/c1-11(2)7-5-3-4-6-8-16-15(21)17-10-12(18)9-13(17)14(19)20/h11-13,18H,3-10H2,1-2H3,(H,16,21)(H,19,20). The summed E-state index contributed by atoms with van der Waals surface area (Å²) in [6.07, 6.45) is 4.94. The van der Waals surface area contributed by atoms with E-state index in [9.17, 15) is 14.7 Å². The van der Waals surface area contributed by atoms with Gasteiger partial charge in [0.15, 0.2) is 0 Å². The second kappa shape index (κ2) is 8.87. The van der Waals surface area contributed by atoms with Crippen LogP contribution in [0.2, 0.25) is 0 Å². The Morgan fingerprint density at radius 3 is 2.52 bits per heavy atom. The fourth-order valence-corrected chi connectivity index (χ4v) is 2.60. The largest absolute Gasteiger partial charge is 0.480 e. The van der Waals surface area contributed by atoms with E-state index in [0.717, 1.165) is 25.2 Å². The number of carboxylic acid groups (broad SMARTS) is 1. The van der Waals surface area contributed by atoms with Crippen LogP contribution >= 0.6 is 0 Å². The van der Waals surface area contributed by atoms with Crippen molar-refractivity contribution in [1.29, 1.82) is 0 Å². The quantitative estimate of drug-likeness (QED) is 0.596. The molecule has 0 aromatic rings. The Hall–Kier alpha value is -1.30. The molecule has 1 saturated heterocycles. The molecule has 0 aromatic carbocycles. The number of nitrogens with one attached hydrogen (secondary N) is 1. The Balaban J connectivity index is 2.17. The van der Waals surface area contributed by atoms with E-state index in [4.69, 9.17) is 5.11 Å². The van der Waals surface area contributed by atoms with E-state index in [2.05, 4.69) is 19.2 Å². The number of hydrogen-bond acceptors (Lipinski definition) is 3. The zero-order valence-electron chi connectivity index (χ0n) is 13.0. The molecule has 0 bridgehead atoms. The van der Waals surface area contributed by atoms with Crippen molar-refractivity contribution >= 4 is 12.0 Å². The van der Waals surface area contributed by atoms with Gasteiger partial charge in [-0.15, -0.1) is 0 Å². The van der Waals surface area contributed by atoms with Gasteiger partial charge in [0.05, 0.1) is 6.10 Å². The van der Waals surface area contributed by atoms with Crippen molar-refractivity contribution in [2.45, 2.75) is 64.5 Å². The minimum atomic E-state index is -1.06. The highest BCUT2D eigenvalue weighted by molar-refractivity contribution is 5.83. The summed E-state index contributed by atoms with van der Waals surface area (Å²) in [5.74, 6) is -0.324. The van der Waals surface area contributed by atoms with Crippen LogP contribution in [0, 0.1) is 5.92 Å². The number of β-amino-alcohol motifs (C(OH)–C–C–N with tert-alkyl or cyclic N) is 1. The number of unbranched alkanes of at least 4 members (excludes halogenated alkanes) is 3. The number of carbonyl (C=O) groups excluding carboxylic acids is 1. The topological polar surface area (TPSA) is 89.9 Å². The van der Waals surface area contributed by atoms with Gasteiger partial charge < -0.3 is 20.4 Å². The number of carbonyl (C=O) groups is 2. The number of aliphatic hydroxyl groups excluding tert-OH is 1. The zero-order valence-corrected chi connectivity index (χ0v) is 13.0. The van der Waals surface area contributed by atoms with Gasteiger partial charge in [0, 0.05) is 19.5 Å². The molecule has 0 radical (unpaired) electrons. The molecule has 1 aliphatic heterocycles. The molecule has 0 saturated carbocycles. The lowest BCUT2D eigenvalue weighted by Gasteiger charge is -2.21. The summed E-state index contributed by atoms with van der Waals surface area (Å²) in [5, 5.41) is 21.3. The van der Waals surface area contributed by atoms with Gasteiger partial charge in [0.2, 0.25) is 0 Å². The average molecular weight is 300 g/mol. The van der Waals surface area contributed by atoms with E-state index < -0.39 is 18.1 Å². The summed E-state index contributed by atoms with van der Waals surface area (Å²) >= 11 is 0. The van der Waals surface area contributed by atoms with E-state index in [1.807, 2.05) is 0 Å². The second-order valence-corrected chi connectivity index (χ2v) is 6.22. The molecule has 6 heteroatoms. The van der Waals surface area contributed by atoms with Crippen LogP contribution in [0.4, 0.5) is 4.79 Å². The van der Waals surface area contributed by atoms with Crippen molar-refractivity contribution < 1.29 is 19.8 Å². The normalized spacial score (nSPS) is 21.8. The summed E-state index contributed by atoms with van der Waals surface area (Å²) in [7, 11) is 0. The van der Waals surface area contributed by atoms with Crippen molar-refractivity contribution in [3.8, 4) is 0 Å². The zero-order chi connectivity index (χ0) is 15.8. The molecule has 21 heavy (non-hydrogen) atoms. The molecule has 2 atom stereocenters. The van der Waals surface area contributed by atoms with Gasteiger partial charge in [-0.1, -0.05) is 39.5 Å². The van der Waals surface area contributed by atoms with Crippen LogP contribution in [-0.2, 0) is 4.79 Å². The molecule has 2 amide bonds. The lowest BCUT2D eigenvalue weighted by molar-refractivity contribution is -0.141. The maximum atomic E-state index is 11.9. The molecule has 6 nitrogen and oxygen atoms in total. The summed E-state index contributed by atoms with van der Waals surface area (Å²) in [4.78, 5) is 24.2. The number of aliphatic hydroxyl groups is 1. The first-order valence-electron chi connectivity index (χ1n) is 7.87. The first kappa shape index (κ1) is 17.8. The SMILES string of the molecule is CC(C)CCCCCCNC(=O)N1CC(O)CC1C(=O)O. The Labute approximate surface area is 126 Å². The predicted octanol–water partition coefficient (Wildman–Crippen LogP) is 1.82. The summed E-state index contributed by atoms with van der Waals surface area (Å²) < 4.78 is 0. The predicted molar refractivity (Wildman–Crippen MR) is 80.1 cm³/mol. The van der Waals surface area contributed by atoms with Crippen LogP contribution in [-0.4, -0.2) is 52.3 Å². The molecule has 1 rings (SSSR count). The van der Waals surface area contributed by atoms with Gasteiger partial charge in [-0.05, 0) is 12.3 Å². The first-order chi connectivity index (χ1) is 9.91. The monoisotopic (exact) mass is 300 g/mol. The van der Waals surface area contributed by atoms with E-state index in [0.29, 0.717) is 6.54 Å². The van der Waals surface area contributed by atoms with Gasteiger partial charge >= 0.3 is 12.0 Å². The highest BCUT2D eigenvalue weighted by Gasteiger charge is 2.38. The van der Waals surface area contributed by atoms with E-state index in [-0.39, 0.29) is 19.0 Å². The number of urea groups is 1. The van der Waals surface area contributed by atoms with Crippen molar-refractivity contribution in [3.63, 3.8) is 0 Å². The maximum Gasteiger partial charge on any atom is 0.326 e. The average Bonchev–Trinajstić information content (AvgIpc) is 2.79. The number of rotatable bonds is 8. The molecule has 0 spiro atoms. The summed E-state index contributed by atoms with van der Waals surface area (Å²) in [6, 6.07) is -1.30. The number of likely N-dealkylation sites (tertiary alicyclic amines) is 1. The van der Waals surface area contributed by atoms with Crippen molar-refractivity contribution in [1.82, 2.24) is 10.2 Å². The Bertz CT molecular complexity index is 347. The molecule has 1 heterocycles. The highest BCUT2D eigenvalue weighted by atomic mass is 16.4. The third-order valence-electron chi connectivity index (χ3n) is 3.81. The molecule has 2 unspecified atom stereocenters. The number of nitrogens with zero attached hydrogens (tertiary/aromatic N) is 1. The number of hydrogen-bond donors (Lipinski definition) is 3. The lowest BCUT2D eigenvalue weighted by Crippen LogP contribution is -2.46. The lowest BCUT2D eigenvalue weighted by atomic mass is 10.0. The highest BCUT2D eigenvalue weighted by Crippen LogP contribution is 2.18. The van der Waals surface area contributed by atoms with Gasteiger partial charge in [0.1, 0.15) is 6.04 Å². The fraction of sp³-hybridized carbons (Fsp3) is 0.867. The molecule has 0 aliphatic carbocycles. The van der Waals surface area contributed by atoms with Crippen LogP contribution < -0.4 is 5.32 Å². The van der Waals surface area contributed by atoms with Gasteiger partial charge in [-0.2, -0.15) is 0 Å². The molecule has 1 fully saturated rings. The number of amides is 2. The van der Waals surface area contributed by atoms with Crippen LogP contribution in [0.15, 0.2) is 0 Å². The van der Waals surface area contributed by atoms with Gasteiger partial charge in [0.25, 0.3) is 0 Å². The van der Waals surface area contributed by atoms with E-state index in [1.165, 1.54) is 17.7 Å². The molecule has 3 N–H and O–H groups in total. The fourth-order valence-electron chi connectivity index (χ4n) is 2.60. The Kier molecular flexibility index (Phi) is 7.50. The molecule has 122 valence electrons. The molecule has 1 aliphatic rings. The Morgan fingerprint density at radius 1 is 1.24 bits per heavy atom. The summed E-state index contributed by atoms with van der Waals surface area (Å²) in [6.45, 7) is 5.07.